The molecule has 1 aliphatic heterocycles. The average Bonchev–Trinajstić information content (AvgIpc) is 2.17. The average molecular weight is 231 g/mol. The highest BCUT2D eigenvalue weighted by atomic mass is 32.2. The fourth-order valence-electron chi connectivity index (χ4n) is 1.67. The molecule has 0 aromatic rings. The molecule has 1 unspecified atom stereocenters. The minimum atomic E-state index is -3.04. The summed E-state index contributed by atoms with van der Waals surface area (Å²) in [6.07, 6.45) is 1.24. The number of hydrogen-bond acceptors (Lipinski definition) is 4. The number of hydrogen-bond donors (Lipinski definition) is 0. The highest BCUT2D eigenvalue weighted by Gasteiger charge is 2.23. The minimum absolute atomic E-state index is 0.00906. The molecule has 0 aliphatic carbocycles. The van der Waals surface area contributed by atoms with Crippen LogP contribution in [0.15, 0.2) is 0 Å². The predicted octanol–water partition coefficient (Wildman–Crippen LogP) is -0.277. The van der Waals surface area contributed by atoms with E-state index in [2.05, 4.69) is 11.0 Å². The second-order valence-corrected chi connectivity index (χ2v) is 5.98. The van der Waals surface area contributed by atoms with E-state index in [0.717, 1.165) is 19.6 Å². The third-order valence-corrected chi connectivity index (χ3v) is 3.86. The van der Waals surface area contributed by atoms with Crippen LogP contribution in [-0.4, -0.2) is 56.6 Å². The van der Waals surface area contributed by atoms with Crippen molar-refractivity contribution < 1.29 is 8.42 Å². The summed E-state index contributed by atoms with van der Waals surface area (Å²) in [5, 5.41) is 8.66. The van der Waals surface area contributed by atoms with Crippen molar-refractivity contribution in [2.24, 2.45) is 5.92 Å². The molecule has 1 rings (SSSR count). The summed E-state index contributed by atoms with van der Waals surface area (Å²) in [5.41, 5.74) is 0. The van der Waals surface area contributed by atoms with Gasteiger partial charge in [0.2, 0.25) is 10.0 Å². The van der Waals surface area contributed by atoms with Crippen LogP contribution in [0.3, 0.4) is 0 Å². The number of nitrogens with zero attached hydrogens (tertiary/aromatic N) is 3. The normalized spacial score (nSPS) is 22.2. The molecule has 0 spiro atoms. The Kier molecular flexibility index (Phi) is 4.08. The molecule has 86 valence electrons. The Morgan fingerprint density at radius 3 is 2.27 bits per heavy atom. The lowest BCUT2D eigenvalue weighted by Crippen LogP contribution is -2.49. The van der Waals surface area contributed by atoms with E-state index >= 15 is 0 Å². The first-order valence-electron chi connectivity index (χ1n) is 5.00. The molecule has 0 bridgehead atoms. The van der Waals surface area contributed by atoms with Gasteiger partial charge < -0.3 is 0 Å². The van der Waals surface area contributed by atoms with Gasteiger partial charge >= 0.3 is 0 Å². The van der Waals surface area contributed by atoms with Gasteiger partial charge in [0.25, 0.3) is 0 Å². The smallest absolute Gasteiger partial charge is 0.211 e. The van der Waals surface area contributed by atoms with E-state index in [4.69, 9.17) is 5.26 Å². The van der Waals surface area contributed by atoms with E-state index in [1.54, 1.807) is 0 Å². The Bertz CT molecular complexity index is 339. The first-order valence-corrected chi connectivity index (χ1v) is 6.85. The first kappa shape index (κ1) is 12.4. The molecule has 1 fully saturated rings. The zero-order valence-electron chi connectivity index (χ0n) is 9.18. The maximum absolute atomic E-state index is 11.2. The van der Waals surface area contributed by atoms with Crippen molar-refractivity contribution in [2.45, 2.75) is 6.92 Å². The van der Waals surface area contributed by atoms with Crippen LogP contribution in [0.4, 0.5) is 0 Å². The highest BCUT2D eigenvalue weighted by Crippen LogP contribution is 2.07. The molecule has 0 aromatic heterocycles. The largest absolute Gasteiger partial charge is 0.299 e. The van der Waals surface area contributed by atoms with Crippen LogP contribution in [0, 0.1) is 17.2 Å². The van der Waals surface area contributed by atoms with Crippen molar-refractivity contribution in [3.05, 3.63) is 0 Å². The molecule has 0 saturated carbocycles. The predicted molar refractivity (Wildman–Crippen MR) is 57.6 cm³/mol. The second kappa shape index (κ2) is 4.92. The molecule has 1 atom stereocenters. The van der Waals surface area contributed by atoms with Gasteiger partial charge in [-0.25, -0.2) is 8.42 Å². The van der Waals surface area contributed by atoms with Crippen LogP contribution in [-0.2, 0) is 10.0 Å². The quantitative estimate of drug-likeness (QED) is 0.670. The van der Waals surface area contributed by atoms with Gasteiger partial charge in [-0.3, -0.25) is 4.90 Å². The number of sulfonamides is 1. The maximum Gasteiger partial charge on any atom is 0.211 e. The Hall–Kier alpha value is -0.640. The lowest BCUT2D eigenvalue weighted by Gasteiger charge is -2.33. The fraction of sp³-hybridized carbons (Fsp3) is 0.889. The van der Waals surface area contributed by atoms with Crippen LogP contribution < -0.4 is 0 Å². The summed E-state index contributed by atoms with van der Waals surface area (Å²) in [6, 6.07) is 2.18. The van der Waals surface area contributed by atoms with E-state index in [9.17, 15) is 8.42 Å². The van der Waals surface area contributed by atoms with Gasteiger partial charge in [0, 0.05) is 32.7 Å². The molecule has 0 radical (unpaired) electrons. The Morgan fingerprint density at radius 2 is 1.87 bits per heavy atom. The van der Waals surface area contributed by atoms with Gasteiger partial charge in [-0.05, 0) is 6.92 Å². The molecule has 5 nitrogen and oxygen atoms in total. The van der Waals surface area contributed by atoms with E-state index < -0.39 is 10.0 Å². The van der Waals surface area contributed by atoms with Crippen molar-refractivity contribution in [3.63, 3.8) is 0 Å². The van der Waals surface area contributed by atoms with Crippen molar-refractivity contribution >= 4 is 10.0 Å². The molecule has 15 heavy (non-hydrogen) atoms. The van der Waals surface area contributed by atoms with Crippen molar-refractivity contribution in [1.82, 2.24) is 9.21 Å². The molecular weight excluding hydrogens is 214 g/mol. The second-order valence-electron chi connectivity index (χ2n) is 3.99. The Labute approximate surface area is 91.3 Å². The standard InChI is InChI=1S/C9H17N3O2S/c1-9(7-10)8-11-3-5-12(6-4-11)15(2,13)14/h9H,3-6,8H2,1-2H3. The summed E-state index contributed by atoms with van der Waals surface area (Å²) < 4.78 is 23.9. The zero-order valence-corrected chi connectivity index (χ0v) is 10.00. The first-order chi connectivity index (χ1) is 6.93. The molecule has 1 saturated heterocycles. The number of piperazine rings is 1. The lowest BCUT2D eigenvalue weighted by atomic mass is 10.2. The van der Waals surface area contributed by atoms with Gasteiger partial charge in [0.15, 0.2) is 0 Å². The zero-order chi connectivity index (χ0) is 11.5. The molecule has 1 heterocycles. The van der Waals surface area contributed by atoms with E-state index in [1.165, 1.54) is 10.6 Å². The minimum Gasteiger partial charge on any atom is -0.299 e. The third-order valence-electron chi connectivity index (χ3n) is 2.55. The molecule has 0 N–H and O–H groups in total. The Balaban J connectivity index is 2.40. The third kappa shape index (κ3) is 3.78. The maximum atomic E-state index is 11.2. The van der Waals surface area contributed by atoms with Gasteiger partial charge in [0.1, 0.15) is 0 Å². The van der Waals surface area contributed by atoms with Gasteiger partial charge in [-0.2, -0.15) is 9.57 Å². The molecule has 6 heteroatoms. The highest BCUT2D eigenvalue weighted by molar-refractivity contribution is 7.88. The lowest BCUT2D eigenvalue weighted by molar-refractivity contribution is 0.179. The van der Waals surface area contributed by atoms with E-state index in [0.29, 0.717) is 13.1 Å². The Morgan fingerprint density at radius 1 is 1.33 bits per heavy atom. The molecular formula is C9H17N3O2S. The van der Waals surface area contributed by atoms with Crippen molar-refractivity contribution in [3.8, 4) is 6.07 Å². The van der Waals surface area contributed by atoms with Crippen molar-refractivity contribution in [1.29, 1.82) is 5.26 Å². The number of rotatable bonds is 3. The monoisotopic (exact) mass is 231 g/mol. The summed E-state index contributed by atoms with van der Waals surface area (Å²) >= 11 is 0. The van der Waals surface area contributed by atoms with Crippen molar-refractivity contribution in [2.75, 3.05) is 39.0 Å². The van der Waals surface area contributed by atoms with Crippen LogP contribution in [0.1, 0.15) is 6.92 Å². The molecule has 0 amide bonds. The SMILES string of the molecule is CC(C#N)CN1CCN(S(C)(=O)=O)CC1. The summed E-state index contributed by atoms with van der Waals surface area (Å²) in [4.78, 5) is 2.13. The molecule has 1 aliphatic rings. The van der Waals surface area contributed by atoms with Crippen LogP contribution >= 0.6 is 0 Å². The van der Waals surface area contributed by atoms with Crippen LogP contribution in [0.2, 0.25) is 0 Å². The van der Waals surface area contributed by atoms with E-state index in [-0.39, 0.29) is 5.92 Å². The summed E-state index contributed by atoms with van der Waals surface area (Å²) in [6.45, 7) is 5.13. The van der Waals surface area contributed by atoms with Crippen LogP contribution in [0.5, 0.6) is 0 Å². The molecule has 0 aromatic carbocycles. The van der Waals surface area contributed by atoms with Crippen LogP contribution in [0.25, 0.3) is 0 Å². The van der Waals surface area contributed by atoms with Gasteiger partial charge in [-0.1, -0.05) is 0 Å². The van der Waals surface area contributed by atoms with Gasteiger partial charge in [-0.15, -0.1) is 0 Å². The topological polar surface area (TPSA) is 64.4 Å². The van der Waals surface area contributed by atoms with E-state index in [1.807, 2.05) is 6.92 Å². The summed E-state index contributed by atoms with van der Waals surface area (Å²) in [7, 11) is -3.04. The number of nitriles is 1. The fourth-order valence-corrected chi connectivity index (χ4v) is 2.50. The van der Waals surface area contributed by atoms with Gasteiger partial charge in [0.05, 0.1) is 18.2 Å². The summed E-state index contributed by atoms with van der Waals surface area (Å²) in [5.74, 6) is 0.00906.